The minimum atomic E-state index is -0.946. The van der Waals surface area contributed by atoms with Gasteiger partial charge in [-0.2, -0.15) is 0 Å². The minimum absolute atomic E-state index is 0.216. The van der Waals surface area contributed by atoms with Gasteiger partial charge in [-0.3, -0.25) is 0 Å². The number of hydrogen-bond donors (Lipinski definition) is 2. The van der Waals surface area contributed by atoms with Gasteiger partial charge in [0.1, 0.15) is 11.4 Å². The molecule has 82 valence electrons. The molecule has 0 amide bonds. The van der Waals surface area contributed by atoms with Gasteiger partial charge in [-0.25, -0.2) is 9.78 Å². The van der Waals surface area contributed by atoms with Gasteiger partial charge >= 0.3 is 5.97 Å². The van der Waals surface area contributed by atoms with Gasteiger partial charge in [0.2, 0.25) is 0 Å². The summed E-state index contributed by atoms with van der Waals surface area (Å²) in [6.07, 6.45) is 2.53. The average Bonchev–Trinajstić information content (AvgIpc) is 2.17. The van der Waals surface area contributed by atoms with Gasteiger partial charge in [-0.1, -0.05) is 6.92 Å². The third-order valence-electron chi connectivity index (χ3n) is 2.11. The highest BCUT2D eigenvalue weighted by atomic mass is 127. The number of rotatable bonds is 4. The molecule has 0 saturated carbocycles. The lowest BCUT2D eigenvalue weighted by Gasteiger charge is -2.14. The van der Waals surface area contributed by atoms with Crippen LogP contribution >= 0.6 is 22.6 Å². The number of carboxylic acid groups (broad SMARTS) is 1. The van der Waals surface area contributed by atoms with E-state index in [4.69, 9.17) is 5.11 Å². The van der Waals surface area contributed by atoms with Crippen molar-refractivity contribution in [2.24, 2.45) is 0 Å². The van der Waals surface area contributed by atoms with Crippen LogP contribution in [0, 0.1) is 3.57 Å². The van der Waals surface area contributed by atoms with E-state index in [0.29, 0.717) is 9.39 Å². The molecule has 0 fully saturated rings. The van der Waals surface area contributed by atoms with Gasteiger partial charge in [-0.05, 0) is 42.0 Å². The number of carboxylic acids is 1. The van der Waals surface area contributed by atoms with Crippen LogP contribution in [0.5, 0.6) is 0 Å². The number of hydrogen-bond acceptors (Lipinski definition) is 3. The SMILES string of the molecule is CCC(C)Nc1nccc(I)c1C(=O)O. The second-order valence-corrected chi connectivity index (χ2v) is 4.44. The van der Waals surface area contributed by atoms with Gasteiger partial charge < -0.3 is 10.4 Å². The van der Waals surface area contributed by atoms with Crippen molar-refractivity contribution in [2.75, 3.05) is 5.32 Å². The molecular formula is C10H13IN2O2. The quantitative estimate of drug-likeness (QED) is 0.837. The summed E-state index contributed by atoms with van der Waals surface area (Å²) < 4.78 is 0.695. The van der Waals surface area contributed by atoms with Crippen LogP contribution in [0.15, 0.2) is 12.3 Å². The lowest BCUT2D eigenvalue weighted by molar-refractivity contribution is 0.0696. The molecule has 2 N–H and O–H groups in total. The summed E-state index contributed by atoms with van der Waals surface area (Å²) in [6.45, 7) is 4.03. The number of nitrogens with zero attached hydrogens (tertiary/aromatic N) is 1. The standard InChI is InChI=1S/C10H13IN2O2/c1-3-6(2)13-9-8(10(14)15)7(11)4-5-12-9/h4-6H,3H2,1-2H3,(H,12,13)(H,14,15). The molecule has 1 unspecified atom stereocenters. The van der Waals surface area contributed by atoms with Crippen LogP contribution in [-0.4, -0.2) is 22.1 Å². The molecule has 0 saturated heterocycles. The zero-order valence-corrected chi connectivity index (χ0v) is 10.8. The van der Waals surface area contributed by atoms with Crippen molar-refractivity contribution in [1.82, 2.24) is 4.98 Å². The molecule has 1 atom stereocenters. The summed E-state index contributed by atoms with van der Waals surface area (Å²) in [6, 6.07) is 1.90. The van der Waals surface area contributed by atoms with E-state index < -0.39 is 5.97 Å². The zero-order valence-electron chi connectivity index (χ0n) is 8.62. The molecule has 0 aliphatic carbocycles. The molecule has 0 spiro atoms. The molecule has 1 rings (SSSR count). The maximum Gasteiger partial charge on any atom is 0.340 e. The lowest BCUT2D eigenvalue weighted by atomic mass is 10.2. The Morgan fingerprint density at radius 2 is 2.40 bits per heavy atom. The lowest BCUT2D eigenvalue weighted by Crippen LogP contribution is -2.18. The van der Waals surface area contributed by atoms with Crippen molar-refractivity contribution in [3.05, 3.63) is 21.4 Å². The van der Waals surface area contributed by atoms with Crippen LogP contribution in [-0.2, 0) is 0 Å². The molecule has 1 aromatic heterocycles. The fourth-order valence-electron chi connectivity index (χ4n) is 1.09. The van der Waals surface area contributed by atoms with Crippen LogP contribution in [0.25, 0.3) is 0 Å². The third kappa shape index (κ3) is 3.05. The number of halogens is 1. The molecule has 4 nitrogen and oxygen atoms in total. The highest BCUT2D eigenvalue weighted by Crippen LogP contribution is 2.20. The second-order valence-electron chi connectivity index (χ2n) is 3.28. The van der Waals surface area contributed by atoms with Crippen LogP contribution in [0.4, 0.5) is 5.82 Å². The van der Waals surface area contributed by atoms with Crippen molar-refractivity contribution >= 4 is 34.4 Å². The number of anilines is 1. The predicted molar refractivity (Wildman–Crippen MR) is 67.3 cm³/mol. The minimum Gasteiger partial charge on any atom is -0.478 e. The summed E-state index contributed by atoms with van der Waals surface area (Å²) in [5.41, 5.74) is 0.249. The van der Waals surface area contributed by atoms with Crippen LogP contribution in [0.3, 0.4) is 0 Å². The van der Waals surface area contributed by atoms with Crippen molar-refractivity contribution in [1.29, 1.82) is 0 Å². The number of aromatic carboxylic acids is 1. The molecule has 0 aliphatic heterocycles. The summed E-state index contributed by atoms with van der Waals surface area (Å²) in [5.74, 6) is -0.498. The summed E-state index contributed by atoms with van der Waals surface area (Å²) in [5, 5.41) is 12.1. The maximum atomic E-state index is 11.0. The maximum absolute atomic E-state index is 11.0. The molecule has 15 heavy (non-hydrogen) atoms. The Hall–Kier alpha value is -0.850. The smallest absolute Gasteiger partial charge is 0.340 e. The first-order valence-electron chi connectivity index (χ1n) is 4.70. The molecule has 1 heterocycles. The Bertz CT molecular complexity index is 368. The zero-order chi connectivity index (χ0) is 11.4. The van der Waals surface area contributed by atoms with Crippen molar-refractivity contribution in [2.45, 2.75) is 26.3 Å². The Morgan fingerprint density at radius 3 is 2.93 bits per heavy atom. The van der Waals surface area contributed by atoms with Crippen LogP contribution in [0.1, 0.15) is 30.6 Å². The normalized spacial score (nSPS) is 12.2. The van der Waals surface area contributed by atoms with Crippen molar-refractivity contribution < 1.29 is 9.90 Å². The van der Waals surface area contributed by atoms with Gasteiger partial charge in [0.15, 0.2) is 0 Å². The first-order valence-corrected chi connectivity index (χ1v) is 5.78. The first kappa shape index (κ1) is 12.2. The molecule has 0 aliphatic rings. The van der Waals surface area contributed by atoms with E-state index in [9.17, 15) is 4.79 Å². The van der Waals surface area contributed by atoms with Crippen molar-refractivity contribution in [3.8, 4) is 0 Å². The Balaban J connectivity index is 3.06. The van der Waals surface area contributed by atoms with Crippen molar-refractivity contribution in [3.63, 3.8) is 0 Å². The molecule has 0 radical (unpaired) electrons. The van der Waals surface area contributed by atoms with E-state index in [2.05, 4.69) is 10.3 Å². The van der Waals surface area contributed by atoms with E-state index in [1.807, 2.05) is 36.4 Å². The predicted octanol–water partition coefficient (Wildman–Crippen LogP) is 2.59. The van der Waals surface area contributed by atoms with E-state index in [-0.39, 0.29) is 11.6 Å². The number of nitrogens with one attached hydrogen (secondary N) is 1. The summed E-state index contributed by atoms with van der Waals surface area (Å²) >= 11 is 2.00. The summed E-state index contributed by atoms with van der Waals surface area (Å²) in [7, 11) is 0. The Labute approximate surface area is 102 Å². The Kier molecular flexibility index (Phi) is 4.31. The molecule has 0 bridgehead atoms. The van der Waals surface area contributed by atoms with Gasteiger partial charge in [0, 0.05) is 15.8 Å². The van der Waals surface area contributed by atoms with Gasteiger partial charge in [0.25, 0.3) is 0 Å². The molecular weight excluding hydrogens is 307 g/mol. The van der Waals surface area contributed by atoms with E-state index in [0.717, 1.165) is 6.42 Å². The van der Waals surface area contributed by atoms with Gasteiger partial charge in [0.05, 0.1) is 0 Å². The fraction of sp³-hybridized carbons (Fsp3) is 0.400. The molecule has 1 aromatic rings. The summed E-state index contributed by atoms with van der Waals surface area (Å²) in [4.78, 5) is 15.1. The average molecular weight is 320 g/mol. The van der Waals surface area contributed by atoms with Gasteiger partial charge in [-0.15, -0.1) is 0 Å². The third-order valence-corrected chi connectivity index (χ3v) is 3.01. The number of aromatic nitrogens is 1. The molecule has 0 aromatic carbocycles. The highest BCUT2D eigenvalue weighted by molar-refractivity contribution is 14.1. The van der Waals surface area contributed by atoms with E-state index in [1.165, 1.54) is 0 Å². The van der Waals surface area contributed by atoms with E-state index >= 15 is 0 Å². The van der Waals surface area contributed by atoms with Crippen LogP contribution < -0.4 is 5.32 Å². The van der Waals surface area contributed by atoms with Crippen LogP contribution in [0.2, 0.25) is 0 Å². The Morgan fingerprint density at radius 1 is 1.73 bits per heavy atom. The highest BCUT2D eigenvalue weighted by Gasteiger charge is 2.16. The van der Waals surface area contributed by atoms with E-state index in [1.54, 1.807) is 12.3 Å². The second kappa shape index (κ2) is 5.29. The topological polar surface area (TPSA) is 62.2 Å². The number of carbonyl (C=O) groups is 1. The largest absolute Gasteiger partial charge is 0.478 e. The monoisotopic (exact) mass is 320 g/mol. The number of pyridine rings is 1. The fourth-order valence-corrected chi connectivity index (χ4v) is 1.73. The molecule has 5 heteroatoms. The first-order chi connectivity index (χ1) is 7.06.